The molecule has 4 nitrogen and oxygen atoms in total. The zero-order valence-electron chi connectivity index (χ0n) is 8.79. The number of rotatable bonds is 3. The summed E-state index contributed by atoms with van der Waals surface area (Å²) < 4.78 is 0. The summed E-state index contributed by atoms with van der Waals surface area (Å²) in [4.78, 5) is 7.87. The molecule has 0 aliphatic heterocycles. The molecule has 0 N–H and O–H groups in total. The highest BCUT2D eigenvalue weighted by molar-refractivity contribution is 7.13. The molecule has 0 atom stereocenters. The number of aliphatic imine (C=N–C) groups is 1. The lowest BCUT2D eigenvalue weighted by molar-refractivity contribution is 1.18. The van der Waals surface area contributed by atoms with Crippen LogP contribution in [-0.4, -0.2) is 11.7 Å². The van der Waals surface area contributed by atoms with E-state index in [1.54, 1.807) is 6.20 Å². The van der Waals surface area contributed by atoms with Crippen LogP contribution in [0, 0.1) is 6.92 Å². The van der Waals surface area contributed by atoms with Gasteiger partial charge in [0.15, 0.2) is 0 Å². The van der Waals surface area contributed by atoms with Crippen LogP contribution in [0.3, 0.4) is 0 Å². The zero-order valence-corrected chi connectivity index (χ0v) is 9.61. The Morgan fingerprint density at radius 2 is 2.19 bits per heavy atom. The van der Waals surface area contributed by atoms with E-state index < -0.39 is 0 Å². The minimum atomic E-state index is 0.658. The maximum absolute atomic E-state index is 4.13. The lowest BCUT2D eigenvalue weighted by Gasteiger charge is -1.99. The fourth-order valence-electron chi connectivity index (χ4n) is 1.21. The van der Waals surface area contributed by atoms with Crippen molar-refractivity contribution in [3.05, 3.63) is 35.3 Å². The molecule has 2 rings (SSSR count). The Bertz CT molecular complexity index is 517. The topological polar surface area (TPSA) is 50.0 Å². The van der Waals surface area contributed by atoms with Gasteiger partial charge in [0.05, 0.1) is 11.4 Å². The van der Waals surface area contributed by atoms with Gasteiger partial charge in [0, 0.05) is 11.6 Å². The molecule has 0 aliphatic rings. The molecule has 0 spiro atoms. The number of benzene rings is 1. The number of azo groups is 1. The summed E-state index contributed by atoms with van der Waals surface area (Å²) in [6.45, 7) is 5.44. The Balaban J connectivity index is 2.25. The van der Waals surface area contributed by atoms with E-state index in [4.69, 9.17) is 0 Å². The first-order valence-electron chi connectivity index (χ1n) is 4.68. The summed E-state index contributed by atoms with van der Waals surface area (Å²) >= 11 is 1.46. The first kappa shape index (κ1) is 10.6. The van der Waals surface area contributed by atoms with Crippen LogP contribution in [0.2, 0.25) is 0 Å². The van der Waals surface area contributed by atoms with E-state index in [-0.39, 0.29) is 0 Å². The van der Waals surface area contributed by atoms with Crippen molar-refractivity contribution in [2.75, 3.05) is 0 Å². The van der Waals surface area contributed by atoms with Crippen molar-refractivity contribution in [3.63, 3.8) is 0 Å². The molecule has 0 saturated carbocycles. The second-order valence-electron chi connectivity index (χ2n) is 3.14. The largest absolute Gasteiger partial charge is 0.265 e. The molecule has 0 saturated heterocycles. The van der Waals surface area contributed by atoms with Crippen LogP contribution < -0.4 is 0 Å². The number of hydrogen-bond donors (Lipinski definition) is 0. The van der Waals surface area contributed by atoms with Crippen molar-refractivity contribution in [1.29, 1.82) is 0 Å². The summed E-state index contributed by atoms with van der Waals surface area (Å²) in [6.07, 6.45) is 1.70. The van der Waals surface area contributed by atoms with Gasteiger partial charge in [0.25, 0.3) is 0 Å². The fraction of sp³-hybridized carbons (Fsp3) is 0.0909. The van der Waals surface area contributed by atoms with Gasteiger partial charge in [0.1, 0.15) is 0 Å². The summed E-state index contributed by atoms with van der Waals surface area (Å²) in [6, 6.07) is 5.65. The monoisotopic (exact) mass is 230 g/mol. The first-order chi connectivity index (χ1) is 7.79. The molecule has 0 aliphatic carbocycles. The Morgan fingerprint density at radius 1 is 1.31 bits per heavy atom. The molecule has 1 heterocycles. The van der Waals surface area contributed by atoms with Crippen LogP contribution in [0.15, 0.2) is 45.0 Å². The zero-order chi connectivity index (χ0) is 11.4. The molecule has 1 aromatic carbocycles. The smallest absolute Gasteiger partial charge is 0.229 e. The van der Waals surface area contributed by atoms with Crippen LogP contribution >= 0.6 is 11.3 Å². The summed E-state index contributed by atoms with van der Waals surface area (Å²) in [5.74, 6) is 0. The van der Waals surface area contributed by atoms with Crippen LogP contribution in [0.4, 0.5) is 16.5 Å². The maximum atomic E-state index is 4.13. The number of nitrogens with zero attached hydrogens (tertiary/aromatic N) is 4. The van der Waals surface area contributed by atoms with E-state index in [0.717, 1.165) is 16.9 Å². The Morgan fingerprint density at radius 3 is 2.81 bits per heavy atom. The lowest BCUT2D eigenvalue weighted by atomic mass is 10.2. The second-order valence-corrected chi connectivity index (χ2v) is 4.02. The summed E-state index contributed by atoms with van der Waals surface area (Å²) in [5, 5.41) is 10.7. The first-order valence-corrected chi connectivity index (χ1v) is 5.56. The molecule has 0 amide bonds. The predicted molar refractivity (Wildman–Crippen MR) is 66.7 cm³/mol. The normalized spacial score (nSPS) is 10.8. The molecule has 2 aromatic rings. The van der Waals surface area contributed by atoms with Crippen LogP contribution in [0.1, 0.15) is 5.56 Å². The molecule has 1 aromatic heterocycles. The third-order valence-corrected chi connectivity index (χ3v) is 2.68. The highest BCUT2D eigenvalue weighted by Crippen LogP contribution is 2.26. The Kier molecular flexibility index (Phi) is 3.16. The molecular formula is C11H10N4S. The van der Waals surface area contributed by atoms with Crippen molar-refractivity contribution in [3.8, 4) is 0 Å². The molecule has 0 unspecified atom stereocenters. The molecule has 0 bridgehead atoms. The molecule has 5 heteroatoms. The van der Waals surface area contributed by atoms with Gasteiger partial charge in [-0.2, -0.15) is 0 Å². The molecule has 0 radical (unpaired) electrons. The van der Waals surface area contributed by atoms with E-state index in [1.807, 2.05) is 30.5 Å². The van der Waals surface area contributed by atoms with Crippen LogP contribution in [0.25, 0.3) is 0 Å². The van der Waals surface area contributed by atoms with Gasteiger partial charge in [-0.05, 0) is 37.4 Å². The number of aromatic nitrogens is 1. The maximum Gasteiger partial charge on any atom is 0.229 e. The summed E-state index contributed by atoms with van der Waals surface area (Å²) in [5.41, 5.74) is 2.68. The van der Waals surface area contributed by atoms with Gasteiger partial charge < -0.3 is 0 Å². The quantitative estimate of drug-likeness (QED) is 0.575. The number of thiazole rings is 1. The Labute approximate surface area is 97.4 Å². The summed E-state index contributed by atoms with van der Waals surface area (Å²) in [7, 11) is 0. The minimum absolute atomic E-state index is 0.658. The Hall–Kier alpha value is -1.88. The van der Waals surface area contributed by atoms with Gasteiger partial charge >= 0.3 is 0 Å². The minimum Gasteiger partial charge on any atom is -0.265 e. The van der Waals surface area contributed by atoms with Crippen molar-refractivity contribution in [1.82, 2.24) is 4.98 Å². The van der Waals surface area contributed by atoms with Gasteiger partial charge in [-0.3, -0.25) is 4.99 Å². The molecule has 0 fully saturated rings. The predicted octanol–water partition coefficient (Wildman–Crippen LogP) is 4.20. The lowest BCUT2D eigenvalue weighted by Crippen LogP contribution is -1.73. The van der Waals surface area contributed by atoms with E-state index >= 15 is 0 Å². The number of hydrogen-bond acceptors (Lipinski definition) is 5. The highest BCUT2D eigenvalue weighted by Gasteiger charge is 1.98. The van der Waals surface area contributed by atoms with Gasteiger partial charge in [-0.25, -0.2) is 4.98 Å². The number of aryl methyl sites for hydroxylation is 1. The SMILES string of the molecule is C=Nc1ccc(/N=N/c2nccs2)c(C)c1. The fourth-order valence-corrected chi connectivity index (χ4v) is 1.67. The average molecular weight is 230 g/mol. The van der Waals surface area contributed by atoms with E-state index in [2.05, 4.69) is 26.9 Å². The van der Waals surface area contributed by atoms with Crippen molar-refractivity contribution in [2.45, 2.75) is 6.92 Å². The van der Waals surface area contributed by atoms with E-state index in [9.17, 15) is 0 Å². The van der Waals surface area contributed by atoms with Crippen molar-refractivity contribution >= 4 is 34.6 Å². The van der Waals surface area contributed by atoms with Crippen molar-refractivity contribution < 1.29 is 0 Å². The third kappa shape index (κ3) is 2.38. The average Bonchev–Trinajstić information content (AvgIpc) is 2.80. The van der Waals surface area contributed by atoms with E-state index in [1.165, 1.54) is 11.3 Å². The van der Waals surface area contributed by atoms with Gasteiger partial charge in [-0.15, -0.1) is 21.6 Å². The van der Waals surface area contributed by atoms with Gasteiger partial charge in [-0.1, -0.05) is 0 Å². The highest BCUT2D eigenvalue weighted by atomic mass is 32.1. The van der Waals surface area contributed by atoms with E-state index in [0.29, 0.717) is 5.13 Å². The van der Waals surface area contributed by atoms with Crippen molar-refractivity contribution in [2.24, 2.45) is 15.2 Å². The molecular weight excluding hydrogens is 220 g/mol. The van der Waals surface area contributed by atoms with Crippen LogP contribution in [0.5, 0.6) is 0 Å². The molecule has 16 heavy (non-hydrogen) atoms. The van der Waals surface area contributed by atoms with Crippen LogP contribution in [-0.2, 0) is 0 Å². The van der Waals surface area contributed by atoms with Gasteiger partial charge in [0.2, 0.25) is 5.13 Å². The second kappa shape index (κ2) is 4.76. The third-order valence-electron chi connectivity index (χ3n) is 2.03. The standard InChI is InChI=1S/C11H10N4S/c1-8-7-9(12-2)3-4-10(8)14-15-11-13-5-6-16-11/h3-7H,2H2,1H3/b15-14+. The molecule has 80 valence electrons.